The normalized spacial score (nSPS) is 16.9. The molecular weight excluding hydrogens is 253 g/mol. The average Bonchev–Trinajstić information content (AvgIpc) is 2.42. The molecule has 1 N–H and O–H groups in total. The Morgan fingerprint density at radius 3 is 2.50 bits per heavy atom. The molecule has 0 saturated carbocycles. The van der Waals surface area contributed by atoms with Crippen LogP contribution < -0.4 is 0 Å². The highest BCUT2D eigenvalue weighted by Crippen LogP contribution is 2.15. The maximum atomic E-state index is 13.6. The zero-order chi connectivity index (χ0) is 14.2. The SMILES string of the molecule is OCC#Cc1cc(CN2CCCCCCC2)ccc1F. The first-order chi connectivity index (χ1) is 9.79. The van der Waals surface area contributed by atoms with Crippen LogP contribution in [0.1, 0.15) is 43.2 Å². The lowest BCUT2D eigenvalue weighted by Gasteiger charge is -2.24. The molecule has 1 saturated heterocycles. The smallest absolute Gasteiger partial charge is 0.138 e. The second-order valence-electron chi connectivity index (χ2n) is 5.32. The maximum Gasteiger partial charge on any atom is 0.138 e. The lowest BCUT2D eigenvalue weighted by Crippen LogP contribution is -2.26. The van der Waals surface area contributed by atoms with Crippen LogP contribution >= 0.6 is 0 Å². The molecule has 0 amide bonds. The summed E-state index contributed by atoms with van der Waals surface area (Å²) in [6.45, 7) is 2.86. The van der Waals surface area contributed by atoms with Crippen molar-refractivity contribution < 1.29 is 9.50 Å². The Morgan fingerprint density at radius 1 is 1.10 bits per heavy atom. The van der Waals surface area contributed by atoms with E-state index in [1.54, 1.807) is 6.07 Å². The fourth-order valence-corrected chi connectivity index (χ4v) is 2.63. The summed E-state index contributed by atoms with van der Waals surface area (Å²) >= 11 is 0. The van der Waals surface area contributed by atoms with Crippen molar-refractivity contribution in [3.8, 4) is 11.8 Å². The summed E-state index contributed by atoms with van der Waals surface area (Å²) in [7, 11) is 0. The fourth-order valence-electron chi connectivity index (χ4n) is 2.63. The van der Waals surface area contributed by atoms with Gasteiger partial charge in [0.15, 0.2) is 0 Å². The van der Waals surface area contributed by atoms with E-state index in [0.717, 1.165) is 25.2 Å². The zero-order valence-corrected chi connectivity index (χ0v) is 11.9. The number of likely N-dealkylation sites (tertiary alicyclic amines) is 1. The van der Waals surface area contributed by atoms with Crippen LogP contribution in [0.15, 0.2) is 18.2 Å². The highest BCUT2D eigenvalue weighted by atomic mass is 19.1. The first kappa shape index (κ1) is 15.0. The van der Waals surface area contributed by atoms with Crippen molar-refractivity contribution in [3.63, 3.8) is 0 Å². The molecule has 1 aliphatic rings. The van der Waals surface area contributed by atoms with Crippen LogP contribution in [-0.2, 0) is 6.54 Å². The highest BCUT2D eigenvalue weighted by Gasteiger charge is 2.10. The third-order valence-corrected chi connectivity index (χ3v) is 3.69. The molecule has 0 atom stereocenters. The minimum absolute atomic E-state index is 0.240. The van der Waals surface area contributed by atoms with Crippen molar-refractivity contribution in [2.75, 3.05) is 19.7 Å². The van der Waals surface area contributed by atoms with Gasteiger partial charge in [-0.25, -0.2) is 4.39 Å². The second kappa shape index (κ2) is 8.04. The molecule has 20 heavy (non-hydrogen) atoms. The third kappa shape index (κ3) is 4.63. The van der Waals surface area contributed by atoms with Crippen LogP contribution in [0, 0.1) is 17.7 Å². The quantitative estimate of drug-likeness (QED) is 0.839. The minimum Gasteiger partial charge on any atom is -0.384 e. The maximum absolute atomic E-state index is 13.6. The summed E-state index contributed by atoms with van der Waals surface area (Å²) in [4.78, 5) is 2.44. The Kier molecular flexibility index (Phi) is 6.04. The number of hydrogen-bond donors (Lipinski definition) is 1. The van der Waals surface area contributed by atoms with Gasteiger partial charge in [0.1, 0.15) is 12.4 Å². The topological polar surface area (TPSA) is 23.5 Å². The van der Waals surface area contributed by atoms with Crippen molar-refractivity contribution in [2.45, 2.75) is 38.6 Å². The number of nitrogens with zero attached hydrogens (tertiary/aromatic N) is 1. The number of halogens is 1. The average molecular weight is 275 g/mol. The van der Waals surface area contributed by atoms with Crippen LogP contribution in [-0.4, -0.2) is 29.7 Å². The molecule has 0 unspecified atom stereocenters. The number of aliphatic hydroxyl groups excluding tert-OH is 1. The molecule has 3 heteroatoms. The lowest BCUT2D eigenvalue weighted by molar-refractivity contribution is 0.239. The second-order valence-corrected chi connectivity index (χ2v) is 5.32. The third-order valence-electron chi connectivity index (χ3n) is 3.69. The molecule has 1 heterocycles. The van der Waals surface area contributed by atoms with E-state index in [0.29, 0.717) is 5.56 Å². The summed E-state index contributed by atoms with van der Waals surface area (Å²) in [6.07, 6.45) is 6.47. The van der Waals surface area contributed by atoms with Gasteiger partial charge in [-0.15, -0.1) is 0 Å². The van der Waals surface area contributed by atoms with Gasteiger partial charge in [0, 0.05) is 6.54 Å². The van der Waals surface area contributed by atoms with Crippen LogP contribution in [0.5, 0.6) is 0 Å². The van der Waals surface area contributed by atoms with Crippen LogP contribution in [0.4, 0.5) is 4.39 Å². The largest absolute Gasteiger partial charge is 0.384 e. The molecule has 2 rings (SSSR count). The van der Waals surface area contributed by atoms with Gasteiger partial charge in [-0.05, 0) is 43.6 Å². The Hall–Kier alpha value is -1.37. The van der Waals surface area contributed by atoms with E-state index in [-0.39, 0.29) is 12.4 Å². The summed E-state index contributed by atoms with van der Waals surface area (Å²) in [5, 5.41) is 8.70. The van der Waals surface area contributed by atoms with Crippen molar-refractivity contribution in [3.05, 3.63) is 35.1 Å². The van der Waals surface area contributed by atoms with Crippen molar-refractivity contribution in [1.29, 1.82) is 0 Å². The number of rotatable bonds is 2. The monoisotopic (exact) mass is 275 g/mol. The molecule has 0 aromatic heterocycles. The first-order valence-corrected chi connectivity index (χ1v) is 7.40. The molecule has 0 spiro atoms. The Balaban J connectivity index is 2.04. The lowest BCUT2D eigenvalue weighted by atomic mass is 10.1. The van der Waals surface area contributed by atoms with Crippen molar-refractivity contribution in [2.24, 2.45) is 0 Å². The van der Waals surface area contributed by atoms with Crippen molar-refractivity contribution >= 4 is 0 Å². The molecular formula is C17H22FNO. The molecule has 1 aromatic rings. The van der Waals surface area contributed by atoms with Gasteiger partial charge in [-0.2, -0.15) is 0 Å². The van der Waals surface area contributed by atoms with E-state index in [1.807, 2.05) is 6.07 Å². The molecule has 0 bridgehead atoms. The zero-order valence-electron chi connectivity index (χ0n) is 11.9. The van der Waals surface area contributed by atoms with Gasteiger partial charge in [0.25, 0.3) is 0 Å². The predicted octanol–water partition coefficient (Wildman–Crippen LogP) is 2.94. The standard InChI is InChI=1S/C17H22FNO/c18-17-9-8-15(13-16(17)7-6-12-20)14-19-10-4-2-1-3-5-11-19/h8-9,13,20H,1-5,10-12,14H2. The molecule has 0 aliphatic carbocycles. The van der Waals surface area contributed by atoms with E-state index >= 15 is 0 Å². The predicted molar refractivity (Wildman–Crippen MR) is 78.7 cm³/mol. The summed E-state index contributed by atoms with van der Waals surface area (Å²) < 4.78 is 13.6. The van der Waals surface area contributed by atoms with E-state index in [4.69, 9.17) is 5.11 Å². The summed E-state index contributed by atoms with van der Waals surface area (Å²) in [6, 6.07) is 5.11. The van der Waals surface area contributed by atoms with Crippen LogP contribution in [0.25, 0.3) is 0 Å². The molecule has 0 radical (unpaired) electrons. The summed E-state index contributed by atoms with van der Waals surface area (Å²) in [5.41, 5.74) is 1.47. The van der Waals surface area contributed by atoms with E-state index in [2.05, 4.69) is 16.7 Å². The van der Waals surface area contributed by atoms with Crippen LogP contribution in [0.3, 0.4) is 0 Å². The summed E-state index contributed by atoms with van der Waals surface area (Å²) in [5.74, 6) is 4.86. The molecule has 2 nitrogen and oxygen atoms in total. The van der Waals surface area contributed by atoms with Gasteiger partial charge >= 0.3 is 0 Å². The van der Waals surface area contributed by atoms with Crippen molar-refractivity contribution in [1.82, 2.24) is 4.90 Å². The number of hydrogen-bond acceptors (Lipinski definition) is 2. The van der Waals surface area contributed by atoms with Gasteiger partial charge in [0.05, 0.1) is 5.56 Å². The number of benzene rings is 1. The highest BCUT2D eigenvalue weighted by molar-refractivity contribution is 5.38. The molecule has 108 valence electrons. The van der Waals surface area contributed by atoms with Gasteiger partial charge in [0.2, 0.25) is 0 Å². The van der Waals surface area contributed by atoms with Crippen LogP contribution in [0.2, 0.25) is 0 Å². The minimum atomic E-state index is -0.317. The molecule has 1 aromatic carbocycles. The van der Waals surface area contributed by atoms with Gasteiger partial charge in [-0.1, -0.05) is 37.2 Å². The van der Waals surface area contributed by atoms with E-state index in [9.17, 15) is 4.39 Å². The van der Waals surface area contributed by atoms with E-state index in [1.165, 1.54) is 38.2 Å². The molecule has 1 aliphatic heterocycles. The van der Waals surface area contributed by atoms with E-state index < -0.39 is 0 Å². The first-order valence-electron chi connectivity index (χ1n) is 7.40. The fraction of sp³-hybridized carbons (Fsp3) is 0.529. The Labute approximate surface area is 120 Å². The van der Waals surface area contributed by atoms with Gasteiger partial charge in [-0.3, -0.25) is 4.90 Å². The Morgan fingerprint density at radius 2 is 1.80 bits per heavy atom. The molecule has 1 fully saturated rings. The number of aliphatic hydroxyl groups is 1. The van der Waals surface area contributed by atoms with Gasteiger partial charge < -0.3 is 5.11 Å². The Bertz CT molecular complexity index is 481.